The Balaban J connectivity index is 2.36. The Kier molecular flexibility index (Phi) is 3.72. The molecule has 0 saturated heterocycles. The molecule has 0 aliphatic rings. The molecule has 0 saturated carbocycles. The van der Waals surface area contributed by atoms with E-state index in [4.69, 9.17) is 4.74 Å². The molecule has 2 nitrogen and oxygen atoms in total. The van der Waals surface area contributed by atoms with Gasteiger partial charge in [-0.15, -0.1) is 0 Å². The van der Waals surface area contributed by atoms with Crippen molar-refractivity contribution in [3.63, 3.8) is 0 Å². The van der Waals surface area contributed by atoms with Gasteiger partial charge >= 0.3 is 0 Å². The Morgan fingerprint density at radius 1 is 1.06 bits per heavy atom. The number of ether oxygens (including phenoxy) is 1. The first-order chi connectivity index (χ1) is 8.58. The number of carbonyl (C=O) groups is 1. The third-order valence-electron chi connectivity index (χ3n) is 2.15. The summed E-state index contributed by atoms with van der Waals surface area (Å²) in [6, 6.07) is 7.47. The summed E-state index contributed by atoms with van der Waals surface area (Å²) in [7, 11) is 0. The van der Waals surface area contributed by atoms with Crippen LogP contribution in [0.2, 0.25) is 0 Å². The van der Waals surface area contributed by atoms with Crippen LogP contribution in [0.25, 0.3) is 0 Å². The van der Waals surface area contributed by atoms with Gasteiger partial charge < -0.3 is 4.74 Å². The van der Waals surface area contributed by atoms with Gasteiger partial charge in [-0.1, -0.05) is 0 Å². The first-order valence-electron chi connectivity index (χ1n) is 4.97. The molecule has 0 amide bonds. The number of rotatable bonds is 3. The molecule has 92 valence electrons. The standard InChI is InChI=1S/C13H7BrF2O2/c14-12-2-1-9(15)6-13(12)18-11-4-8(7-17)3-10(16)5-11/h1-7H. The van der Waals surface area contributed by atoms with Crippen LogP contribution in [0.5, 0.6) is 11.5 Å². The summed E-state index contributed by atoms with van der Waals surface area (Å²) in [5.41, 5.74) is 0.150. The molecule has 0 aliphatic carbocycles. The highest BCUT2D eigenvalue weighted by Crippen LogP contribution is 2.30. The van der Waals surface area contributed by atoms with Crippen molar-refractivity contribution < 1.29 is 18.3 Å². The second-order valence-corrected chi connectivity index (χ2v) is 4.37. The Labute approximate surface area is 110 Å². The molecule has 0 atom stereocenters. The minimum atomic E-state index is -0.595. The van der Waals surface area contributed by atoms with Crippen LogP contribution < -0.4 is 4.74 Å². The van der Waals surface area contributed by atoms with Gasteiger partial charge in [-0.25, -0.2) is 8.78 Å². The summed E-state index contributed by atoms with van der Waals surface area (Å²) >= 11 is 3.19. The van der Waals surface area contributed by atoms with E-state index in [1.807, 2.05) is 0 Å². The van der Waals surface area contributed by atoms with Crippen LogP contribution >= 0.6 is 15.9 Å². The van der Waals surface area contributed by atoms with Gasteiger partial charge in [-0.2, -0.15) is 0 Å². The van der Waals surface area contributed by atoms with Crippen molar-refractivity contribution in [2.24, 2.45) is 0 Å². The normalized spacial score (nSPS) is 10.2. The third kappa shape index (κ3) is 2.92. The summed E-state index contributed by atoms with van der Waals surface area (Å²) in [6.45, 7) is 0. The number of carbonyl (C=O) groups excluding carboxylic acids is 1. The quantitative estimate of drug-likeness (QED) is 0.788. The molecular weight excluding hydrogens is 306 g/mol. The zero-order valence-corrected chi connectivity index (χ0v) is 10.6. The average molecular weight is 313 g/mol. The van der Waals surface area contributed by atoms with Crippen LogP contribution in [0.1, 0.15) is 10.4 Å². The molecule has 2 aromatic carbocycles. The van der Waals surface area contributed by atoms with Gasteiger partial charge in [0.05, 0.1) is 4.47 Å². The maximum atomic E-state index is 13.2. The monoisotopic (exact) mass is 312 g/mol. The summed E-state index contributed by atoms with van der Waals surface area (Å²) < 4.78 is 32.1. The number of benzene rings is 2. The van der Waals surface area contributed by atoms with E-state index in [0.29, 0.717) is 10.8 Å². The van der Waals surface area contributed by atoms with E-state index >= 15 is 0 Å². The lowest BCUT2D eigenvalue weighted by molar-refractivity contribution is 0.112. The third-order valence-corrected chi connectivity index (χ3v) is 2.81. The highest BCUT2D eigenvalue weighted by Gasteiger charge is 2.07. The SMILES string of the molecule is O=Cc1cc(F)cc(Oc2cc(F)ccc2Br)c1. The molecule has 0 bridgehead atoms. The maximum absolute atomic E-state index is 13.2. The van der Waals surface area contributed by atoms with E-state index in [1.54, 1.807) is 0 Å². The molecule has 0 radical (unpaired) electrons. The second kappa shape index (κ2) is 5.27. The Bertz CT molecular complexity index is 600. The zero-order chi connectivity index (χ0) is 13.1. The molecule has 0 aromatic heterocycles. The average Bonchev–Trinajstić information content (AvgIpc) is 2.33. The van der Waals surface area contributed by atoms with Crippen LogP contribution in [-0.4, -0.2) is 6.29 Å². The maximum Gasteiger partial charge on any atom is 0.150 e. The van der Waals surface area contributed by atoms with E-state index in [-0.39, 0.29) is 17.1 Å². The lowest BCUT2D eigenvalue weighted by Crippen LogP contribution is -1.90. The van der Waals surface area contributed by atoms with Gasteiger partial charge in [-0.3, -0.25) is 4.79 Å². The number of hydrogen-bond donors (Lipinski definition) is 0. The Morgan fingerprint density at radius 2 is 1.83 bits per heavy atom. The largest absolute Gasteiger partial charge is 0.456 e. The van der Waals surface area contributed by atoms with E-state index < -0.39 is 11.6 Å². The van der Waals surface area contributed by atoms with Gasteiger partial charge in [0.25, 0.3) is 0 Å². The van der Waals surface area contributed by atoms with Crippen molar-refractivity contribution >= 4 is 22.2 Å². The molecule has 0 fully saturated rings. The summed E-state index contributed by atoms with van der Waals surface area (Å²) in [6.07, 6.45) is 0.510. The predicted molar refractivity (Wildman–Crippen MR) is 66.0 cm³/mol. The number of aldehydes is 1. The molecule has 0 unspecified atom stereocenters. The van der Waals surface area contributed by atoms with Gasteiger partial charge in [0, 0.05) is 17.7 Å². The molecule has 5 heteroatoms. The van der Waals surface area contributed by atoms with Crippen molar-refractivity contribution in [3.05, 3.63) is 58.1 Å². The molecular formula is C13H7BrF2O2. The summed E-state index contributed by atoms with van der Waals surface area (Å²) in [5, 5.41) is 0. The Hall–Kier alpha value is -1.75. The predicted octanol–water partition coefficient (Wildman–Crippen LogP) is 4.33. The van der Waals surface area contributed by atoms with Crippen molar-refractivity contribution in [1.82, 2.24) is 0 Å². The minimum absolute atomic E-state index is 0.128. The van der Waals surface area contributed by atoms with Crippen molar-refractivity contribution in [3.8, 4) is 11.5 Å². The minimum Gasteiger partial charge on any atom is -0.456 e. The van der Waals surface area contributed by atoms with Crippen molar-refractivity contribution in [1.29, 1.82) is 0 Å². The van der Waals surface area contributed by atoms with Crippen LogP contribution in [0.4, 0.5) is 8.78 Å². The first kappa shape index (κ1) is 12.7. The van der Waals surface area contributed by atoms with E-state index in [2.05, 4.69) is 15.9 Å². The number of halogens is 3. The smallest absolute Gasteiger partial charge is 0.150 e. The van der Waals surface area contributed by atoms with Crippen LogP contribution in [0.15, 0.2) is 40.9 Å². The second-order valence-electron chi connectivity index (χ2n) is 3.51. The van der Waals surface area contributed by atoms with Crippen molar-refractivity contribution in [2.75, 3.05) is 0 Å². The molecule has 0 aliphatic heterocycles. The molecule has 0 heterocycles. The molecule has 2 rings (SSSR count). The lowest BCUT2D eigenvalue weighted by Gasteiger charge is -2.08. The molecule has 18 heavy (non-hydrogen) atoms. The van der Waals surface area contributed by atoms with E-state index in [9.17, 15) is 13.6 Å². The van der Waals surface area contributed by atoms with Gasteiger partial charge in [0.1, 0.15) is 29.4 Å². The fourth-order valence-electron chi connectivity index (χ4n) is 1.39. The van der Waals surface area contributed by atoms with Crippen LogP contribution in [-0.2, 0) is 0 Å². The first-order valence-corrected chi connectivity index (χ1v) is 5.76. The summed E-state index contributed by atoms with van der Waals surface area (Å²) in [5.74, 6) is -0.733. The van der Waals surface area contributed by atoms with E-state index in [0.717, 1.165) is 18.2 Å². The van der Waals surface area contributed by atoms with Crippen molar-refractivity contribution in [2.45, 2.75) is 0 Å². The highest BCUT2D eigenvalue weighted by molar-refractivity contribution is 9.10. The molecule has 0 spiro atoms. The molecule has 2 aromatic rings. The zero-order valence-electron chi connectivity index (χ0n) is 8.99. The highest BCUT2D eigenvalue weighted by atomic mass is 79.9. The lowest BCUT2D eigenvalue weighted by atomic mass is 10.2. The van der Waals surface area contributed by atoms with Crippen LogP contribution in [0.3, 0.4) is 0 Å². The fourth-order valence-corrected chi connectivity index (χ4v) is 1.72. The topological polar surface area (TPSA) is 26.3 Å². The van der Waals surface area contributed by atoms with E-state index in [1.165, 1.54) is 18.2 Å². The number of hydrogen-bond acceptors (Lipinski definition) is 2. The van der Waals surface area contributed by atoms with Gasteiger partial charge in [0.2, 0.25) is 0 Å². The molecule has 0 N–H and O–H groups in total. The van der Waals surface area contributed by atoms with Crippen LogP contribution in [0, 0.1) is 11.6 Å². The van der Waals surface area contributed by atoms with Gasteiger partial charge in [-0.05, 0) is 40.2 Å². The fraction of sp³-hybridized carbons (Fsp3) is 0. The Morgan fingerprint density at radius 3 is 2.56 bits per heavy atom. The summed E-state index contributed by atoms with van der Waals surface area (Å²) in [4.78, 5) is 10.6. The van der Waals surface area contributed by atoms with Gasteiger partial charge in [0.15, 0.2) is 0 Å².